The first kappa shape index (κ1) is 15.0. The Morgan fingerprint density at radius 2 is 2.11 bits per heavy atom. The molecule has 0 aliphatic carbocycles. The summed E-state index contributed by atoms with van der Waals surface area (Å²) in [6.07, 6.45) is -3.79. The summed E-state index contributed by atoms with van der Waals surface area (Å²) in [5, 5.41) is 11.7. The van der Waals surface area contributed by atoms with Gasteiger partial charge in [0.15, 0.2) is 0 Å². The summed E-state index contributed by atoms with van der Waals surface area (Å²) >= 11 is 1.06. The minimum Gasteiger partial charge on any atom is -0.396 e. The molecule has 1 aromatic heterocycles. The zero-order valence-corrected chi connectivity index (χ0v) is 10.6. The van der Waals surface area contributed by atoms with E-state index in [2.05, 4.69) is 15.3 Å². The number of thioether (sulfide) groups is 1. The smallest absolute Gasteiger partial charge is 0.396 e. The van der Waals surface area contributed by atoms with Crippen molar-refractivity contribution in [2.24, 2.45) is 0 Å². The van der Waals surface area contributed by atoms with E-state index in [9.17, 15) is 13.2 Å². The summed E-state index contributed by atoms with van der Waals surface area (Å²) < 4.78 is 37.7. The van der Waals surface area contributed by atoms with Crippen LogP contribution in [0.1, 0.15) is 19.2 Å². The monoisotopic (exact) mass is 281 g/mol. The van der Waals surface area contributed by atoms with E-state index in [1.165, 1.54) is 6.07 Å². The maximum Gasteiger partial charge on any atom is 0.451 e. The van der Waals surface area contributed by atoms with E-state index in [-0.39, 0.29) is 17.5 Å². The largest absolute Gasteiger partial charge is 0.451 e. The average Bonchev–Trinajstić information content (AvgIpc) is 2.32. The second-order valence-corrected chi connectivity index (χ2v) is 4.53. The molecule has 1 rings (SSSR count). The molecule has 8 heteroatoms. The Morgan fingerprint density at radius 1 is 1.39 bits per heavy atom. The zero-order valence-electron chi connectivity index (χ0n) is 9.79. The van der Waals surface area contributed by atoms with Crippen LogP contribution in [0.15, 0.2) is 11.1 Å². The van der Waals surface area contributed by atoms with Crippen LogP contribution in [0.3, 0.4) is 0 Å². The highest BCUT2D eigenvalue weighted by Crippen LogP contribution is 2.29. The van der Waals surface area contributed by atoms with Gasteiger partial charge in [0.1, 0.15) is 10.8 Å². The Kier molecular flexibility index (Phi) is 5.67. The number of hydrogen-bond acceptors (Lipinski definition) is 5. The number of rotatable bonds is 6. The van der Waals surface area contributed by atoms with Gasteiger partial charge >= 0.3 is 6.18 Å². The second kappa shape index (κ2) is 6.79. The first-order chi connectivity index (χ1) is 8.47. The van der Waals surface area contributed by atoms with E-state index in [4.69, 9.17) is 5.11 Å². The molecular weight excluding hydrogens is 267 g/mol. The van der Waals surface area contributed by atoms with Crippen molar-refractivity contribution in [1.29, 1.82) is 0 Å². The third-order valence-corrected chi connectivity index (χ3v) is 2.75. The van der Waals surface area contributed by atoms with Crippen LogP contribution in [0.4, 0.5) is 19.0 Å². The van der Waals surface area contributed by atoms with Gasteiger partial charge in [-0.15, -0.1) is 11.8 Å². The summed E-state index contributed by atoms with van der Waals surface area (Å²) in [4.78, 5) is 6.85. The van der Waals surface area contributed by atoms with Crippen molar-refractivity contribution in [2.45, 2.75) is 24.5 Å². The summed E-state index contributed by atoms with van der Waals surface area (Å²) in [7, 11) is 0. The third kappa shape index (κ3) is 4.69. The average molecular weight is 281 g/mol. The van der Waals surface area contributed by atoms with Crippen molar-refractivity contribution in [3.05, 3.63) is 11.9 Å². The highest BCUT2D eigenvalue weighted by molar-refractivity contribution is 7.99. The van der Waals surface area contributed by atoms with Crippen LogP contribution in [-0.2, 0) is 6.18 Å². The second-order valence-electron chi connectivity index (χ2n) is 3.41. The standard InChI is InChI=1S/C10H14F3N3OS/c1-2-3-14-7-6-8(18-5-4-17)16-9(15-7)10(11,12)13/h6,17H,2-5H2,1H3,(H,14,15,16). The van der Waals surface area contributed by atoms with Crippen LogP contribution in [0, 0.1) is 0 Å². The molecule has 0 bridgehead atoms. The predicted octanol–water partition coefficient (Wildman–Crippen LogP) is 2.40. The van der Waals surface area contributed by atoms with Gasteiger partial charge in [0, 0.05) is 18.4 Å². The summed E-state index contributed by atoms with van der Waals surface area (Å²) in [5.74, 6) is -0.717. The molecule has 0 aliphatic heterocycles. The maximum absolute atomic E-state index is 12.6. The topological polar surface area (TPSA) is 58.0 Å². The molecule has 0 radical (unpaired) electrons. The third-order valence-electron chi connectivity index (χ3n) is 1.85. The SMILES string of the molecule is CCCNc1cc(SCCO)nc(C(F)(F)F)n1. The molecule has 1 heterocycles. The molecule has 1 aromatic rings. The number of hydrogen-bond donors (Lipinski definition) is 2. The molecule has 0 atom stereocenters. The number of anilines is 1. The number of halogens is 3. The molecule has 0 saturated carbocycles. The summed E-state index contributed by atoms with van der Waals surface area (Å²) in [6, 6.07) is 1.45. The molecule has 0 fully saturated rings. The number of nitrogens with one attached hydrogen (secondary N) is 1. The van der Waals surface area contributed by atoms with Gasteiger partial charge in [-0.25, -0.2) is 9.97 Å². The molecular formula is C10H14F3N3OS. The van der Waals surface area contributed by atoms with E-state index in [1.807, 2.05) is 6.92 Å². The molecule has 102 valence electrons. The van der Waals surface area contributed by atoms with Gasteiger partial charge < -0.3 is 10.4 Å². The van der Waals surface area contributed by atoms with Crippen LogP contribution in [-0.4, -0.2) is 34.0 Å². The van der Waals surface area contributed by atoms with Crippen molar-refractivity contribution >= 4 is 17.6 Å². The molecule has 18 heavy (non-hydrogen) atoms. The summed E-state index contributed by atoms with van der Waals surface area (Å²) in [6.45, 7) is 2.33. The van der Waals surface area contributed by atoms with E-state index in [1.54, 1.807) is 0 Å². The summed E-state index contributed by atoms with van der Waals surface area (Å²) in [5.41, 5.74) is 0. The first-order valence-electron chi connectivity index (χ1n) is 5.41. The van der Waals surface area contributed by atoms with Gasteiger partial charge in [-0.1, -0.05) is 6.92 Å². The highest BCUT2D eigenvalue weighted by Gasteiger charge is 2.35. The van der Waals surface area contributed by atoms with Gasteiger partial charge in [0.25, 0.3) is 0 Å². The van der Waals surface area contributed by atoms with Gasteiger partial charge in [0.2, 0.25) is 5.82 Å². The van der Waals surface area contributed by atoms with E-state index >= 15 is 0 Å². The Bertz CT molecular complexity index is 361. The lowest BCUT2D eigenvalue weighted by Crippen LogP contribution is -2.14. The van der Waals surface area contributed by atoms with E-state index in [0.717, 1.165) is 18.2 Å². The highest BCUT2D eigenvalue weighted by atomic mass is 32.2. The molecule has 0 aromatic carbocycles. The molecule has 0 amide bonds. The molecule has 0 unspecified atom stereocenters. The first-order valence-corrected chi connectivity index (χ1v) is 6.39. The molecule has 0 spiro atoms. The number of aliphatic hydroxyl groups is 1. The van der Waals surface area contributed by atoms with Crippen LogP contribution >= 0.6 is 11.8 Å². The Balaban J connectivity index is 2.96. The molecule has 0 saturated heterocycles. The van der Waals surface area contributed by atoms with Crippen molar-refractivity contribution in [3.8, 4) is 0 Å². The number of alkyl halides is 3. The van der Waals surface area contributed by atoms with Crippen molar-refractivity contribution in [1.82, 2.24) is 9.97 Å². The van der Waals surface area contributed by atoms with Gasteiger partial charge in [-0.3, -0.25) is 0 Å². The van der Waals surface area contributed by atoms with Crippen molar-refractivity contribution in [3.63, 3.8) is 0 Å². The van der Waals surface area contributed by atoms with Crippen LogP contribution in [0.25, 0.3) is 0 Å². The maximum atomic E-state index is 12.6. The fourth-order valence-corrected chi connectivity index (χ4v) is 1.77. The van der Waals surface area contributed by atoms with Gasteiger partial charge in [-0.05, 0) is 6.42 Å². The predicted molar refractivity (Wildman–Crippen MR) is 63.6 cm³/mol. The lowest BCUT2D eigenvalue weighted by Gasteiger charge is -2.10. The molecule has 0 aliphatic rings. The molecule has 2 N–H and O–H groups in total. The van der Waals surface area contributed by atoms with Crippen LogP contribution in [0.5, 0.6) is 0 Å². The Hall–Kier alpha value is -1.02. The minimum absolute atomic E-state index is 0.117. The fourth-order valence-electron chi connectivity index (χ4n) is 1.12. The Morgan fingerprint density at radius 3 is 2.67 bits per heavy atom. The van der Waals surface area contributed by atoms with E-state index in [0.29, 0.717) is 12.3 Å². The lowest BCUT2D eigenvalue weighted by atomic mass is 10.4. The zero-order chi connectivity index (χ0) is 13.6. The van der Waals surface area contributed by atoms with Crippen molar-refractivity contribution < 1.29 is 18.3 Å². The lowest BCUT2D eigenvalue weighted by molar-refractivity contribution is -0.145. The Labute approximate surface area is 107 Å². The minimum atomic E-state index is -4.57. The van der Waals surface area contributed by atoms with Crippen molar-refractivity contribution in [2.75, 3.05) is 24.2 Å². The van der Waals surface area contributed by atoms with E-state index < -0.39 is 12.0 Å². The molecule has 4 nitrogen and oxygen atoms in total. The number of aliphatic hydroxyl groups excluding tert-OH is 1. The van der Waals surface area contributed by atoms with Gasteiger partial charge in [-0.2, -0.15) is 13.2 Å². The van der Waals surface area contributed by atoms with Crippen LogP contribution in [0.2, 0.25) is 0 Å². The van der Waals surface area contributed by atoms with Gasteiger partial charge in [0.05, 0.1) is 6.61 Å². The van der Waals surface area contributed by atoms with Crippen LogP contribution < -0.4 is 5.32 Å². The number of aromatic nitrogens is 2. The normalized spacial score (nSPS) is 11.6. The fraction of sp³-hybridized carbons (Fsp3) is 0.600. The number of nitrogens with zero attached hydrogens (tertiary/aromatic N) is 2. The quantitative estimate of drug-likeness (QED) is 0.619.